The van der Waals surface area contributed by atoms with E-state index < -0.39 is 0 Å². The van der Waals surface area contributed by atoms with Crippen molar-refractivity contribution in [3.63, 3.8) is 0 Å². The van der Waals surface area contributed by atoms with E-state index in [4.69, 9.17) is 10.2 Å². The van der Waals surface area contributed by atoms with Gasteiger partial charge >= 0.3 is 0 Å². The zero-order valence-corrected chi connectivity index (χ0v) is 7.82. The maximum atomic E-state index is 9.25. The largest absolute Gasteiger partial charge is 0.395 e. The van der Waals surface area contributed by atoms with E-state index in [0.717, 1.165) is 25.7 Å². The van der Waals surface area contributed by atoms with Crippen molar-refractivity contribution in [1.29, 1.82) is 0 Å². The molecule has 0 heterocycles. The fourth-order valence-corrected chi connectivity index (χ4v) is 1.74. The highest BCUT2D eigenvalue weighted by Crippen LogP contribution is 2.18. The molecule has 0 radical (unpaired) electrons. The van der Waals surface area contributed by atoms with Crippen LogP contribution in [0, 0.1) is 0 Å². The van der Waals surface area contributed by atoms with E-state index in [1.165, 1.54) is 0 Å². The van der Waals surface area contributed by atoms with E-state index >= 15 is 0 Å². The minimum atomic E-state index is -0.208. The topological polar surface area (TPSA) is 72.7 Å². The van der Waals surface area contributed by atoms with Crippen molar-refractivity contribution in [3.8, 4) is 0 Å². The first-order valence-corrected chi connectivity index (χ1v) is 4.92. The summed E-state index contributed by atoms with van der Waals surface area (Å²) in [5, 5.41) is 30.1. The molecule has 0 aromatic rings. The molecule has 78 valence electrons. The minimum Gasteiger partial charge on any atom is -0.395 e. The summed E-state index contributed by atoms with van der Waals surface area (Å²) in [5.41, 5.74) is 0. The monoisotopic (exact) mass is 189 g/mol. The maximum absolute atomic E-state index is 9.25. The van der Waals surface area contributed by atoms with Gasteiger partial charge in [-0.2, -0.15) is 0 Å². The van der Waals surface area contributed by atoms with E-state index in [0.29, 0.717) is 6.04 Å². The van der Waals surface area contributed by atoms with Crippen LogP contribution >= 0.6 is 0 Å². The van der Waals surface area contributed by atoms with Crippen LogP contribution in [0.5, 0.6) is 0 Å². The molecular weight excluding hydrogens is 170 g/mol. The lowest BCUT2D eigenvalue weighted by molar-refractivity contribution is 0.102. The Morgan fingerprint density at radius 2 is 1.62 bits per heavy atom. The molecule has 4 N–H and O–H groups in total. The Morgan fingerprint density at radius 1 is 1.08 bits per heavy atom. The average molecular weight is 189 g/mol. The smallest absolute Gasteiger partial charge is 0.0607 e. The van der Waals surface area contributed by atoms with Crippen LogP contribution in [0.2, 0.25) is 0 Å². The number of nitrogens with one attached hydrogen (secondary N) is 1. The van der Waals surface area contributed by atoms with Crippen molar-refractivity contribution in [3.05, 3.63) is 0 Å². The lowest BCUT2D eigenvalue weighted by atomic mass is 9.93. The molecule has 4 nitrogen and oxygen atoms in total. The van der Waals surface area contributed by atoms with Gasteiger partial charge in [-0.15, -0.1) is 0 Å². The molecule has 1 fully saturated rings. The van der Waals surface area contributed by atoms with Crippen LogP contribution in [0.3, 0.4) is 0 Å². The summed E-state index contributed by atoms with van der Waals surface area (Å²) in [6, 6.07) is 0.132. The molecule has 4 heteroatoms. The molecule has 0 atom stereocenters. The van der Waals surface area contributed by atoms with E-state index in [-0.39, 0.29) is 25.4 Å². The molecule has 0 bridgehead atoms. The lowest BCUT2D eigenvalue weighted by Gasteiger charge is -2.29. The van der Waals surface area contributed by atoms with Crippen LogP contribution in [0.4, 0.5) is 0 Å². The van der Waals surface area contributed by atoms with Crippen molar-refractivity contribution in [2.45, 2.75) is 43.9 Å². The summed E-state index contributed by atoms with van der Waals surface area (Å²) in [5.74, 6) is 0. The first kappa shape index (κ1) is 10.9. The van der Waals surface area contributed by atoms with Crippen LogP contribution in [0.25, 0.3) is 0 Å². The van der Waals surface area contributed by atoms with Gasteiger partial charge in [-0.25, -0.2) is 0 Å². The number of rotatable bonds is 4. The molecule has 1 saturated carbocycles. The molecular formula is C9H19NO3. The summed E-state index contributed by atoms with van der Waals surface area (Å²) in [6.45, 7) is -0.0644. The SMILES string of the molecule is OCC(CO)NC1CCC(O)CC1. The Bertz CT molecular complexity index is 131. The predicted molar refractivity (Wildman–Crippen MR) is 49.4 cm³/mol. The van der Waals surface area contributed by atoms with Crippen LogP contribution in [0.1, 0.15) is 25.7 Å². The van der Waals surface area contributed by atoms with Crippen molar-refractivity contribution < 1.29 is 15.3 Å². The van der Waals surface area contributed by atoms with E-state index in [1.54, 1.807) is 0 Å². The van der Waals surface area contributed by atoms with Crippen LogP contribution in [-0.2, 0) is 0 Å². The van der Waals surface area contributed by atoms with Gasteiger partial charge in [0, 0.05) is 6.04 Å². The highest BCUT2D eigenvalue weighted by Gasteiger charge is 2.20. The quantitative estimate of drug-likeness (QED) is 0.469. The van der Waals surface area contributed by atoms with Gasteiger partial charge in [0.15, 0.2) is 0 Å². The second-order valence-electron chi connectivity index (χ2n) is 3.73. The molecule has 0 unspecified atom stereocenters. The highest BCUT2D eigenvalue weighted by atomic mass is 16.3. The van der Waals surface area contributed by atoms with Gasteiger partial charge in [0.1, 0.15) is 0 Å². The molecule has 0 aliphatic heterocycles. The van der Waals surface area contributed by atoms with Crippen LogP contribution in [-0.4, -0.2) is 46.7 Å². The molecule has 0 spiro atoms. The van der Waals surface area contributed by atoms with Crippen molar-refractivity contribution in [1.82, 2.24) is 5.32 Å². The first-order chi connectivity index (χ1) is 6.26. The molecule has 1 aliphatic carbocycles. The van der Waals surface area contributed by atoms with Gasteiger partial charge in [0.25, 0.3) is 0 Å². The number of aliphatic hydroxyl groups excluding tert-OH is 3. The van der Waals surface area contributed by atoms with Gasteiger partial charge < -0.3 is 20.6 Å². The Morgan fingerprint density at radius 3 is 2.08 bits per heavy atom. The summed E-state index contributed by atoms with van der Waals surface area (Å²) >= 11 is 0. The minimum absolute atomic E-state index is 0.0322. The van der Waals surface area contributed by atoms with Crippen molar-refractivity contribution >= 4 is 0 Å². The fourth-order valence-electron chi connectivity index (χ4n) is 1.74. The van der Waals surface area contributed by atoms with Crippen LogP contribution < -0.4 is 5.32 Å². The second-order valence-corrected chi connectivity index (χ2v) is 3.73. The van der Waals surface area contributed by atoms with Gasteiger partial charge in [-0.05, 0) is 25.7 Å². The lowest BCUT2D eigenvalue weighted by Crippen LogP contribution is -2.44. The van der Waals surface area contributed by atoms with Crippen molar-refractivity contribution in [2.24, 2.45) is 0 Å². The Hall–Kier alpha value is -0.160. The molecule has 0 amide bonds. The molecule has 0 aromatic carbocycles. The normalized spacial score (nSPS) is 29.5. The maximum Gasteiger partial charge on any atom is 0.0607 e. The zero-order valence-electron chi connectivity index (χ0n) is 7.82. The molecule has 13 heavy (non-hydrogen) atoms. The predicted octanol–water partition coefficient (Wildman–Crippen LogP) is -0.767. The van der Waals surface area contributed by atoms with E-state index in [9.17, 15) is 5.11 Å². The van der Waals surface area contributed by atoms with E-state index in [2.05, 4.69) is 5.32 Å². The van der Waals surface area contributed by atoms with E-state index in [1.807, 2.05) is 0 Å². The third-order valence-corrected chi connectivity index (χ3v) is 2.61. The summed E-state index contributed by atoms with van der Waals surface area (Å²) in [6.07, 6.45) is 3.34. The second kappa shape index (κ2) is 5.54. The standard InChI is InChI=1S/C9H19NO3/c11-5-8(6-12)10-7-1-3-9(13)4-2-7/h7-13H,1-6H2. The van der Waals surface area contributed by atoms with Gasteiger partial charge in [-0.3, -0.25) is 0 Å². The Balaban J connectivity index is 2.21. The highest BCUT2D eigenvalue weighted by molar-refractivity contribution is 4.79. The van der Waals surface area contributed by atoms with Crippen LogP contribution in [0.15, 0.2) is 0 Å². The molecule has 1 aliphatic rings. The van der Waals surface area contributed by atoms with Gasteiger partial charge in [0.2, 0.25) is 0 Å². The molecule has 0 saturated heterocycles. The summed E-state index contributed by atoms with van der Waals surface area (Å²) in [7, 11) is 0. The summed E-state index contributed by atoms with van der Waals surface area (Å²) in [4.78, 5) is 0. The third-order valence-electron chi connectivity index (χ3n) is 2.61. The Kier molecular flexibility index (Phi) is 4.66. The molecule has 0 aromatic heterocycles. The Labute approximate surface area is 78.6 Å². The van der Waals surface area contributed by atoms with Crippen molar-refractivity contribution in [2.75, 3.05) is 13.2 Å². The van der Waals surface area contributed by atoms with Gasteiger partial charge in [-0.1, -0.05) is 0 Å². The summed E-state index contributed by atoms with van der Waals surface area (Å²) < 4.78 is 0. The number of hydrogen-bond donors (Lipinski definition) is 4. The number of aliphatic hydroxyl groups is 3. The molecule has 1 rings (SSSR count). The number of hydrogen-bond acceptors (Lipinski definition) is 4. The fraction of sp³-hybridized carbons (Fsp3) is 1.00. The zero-order chi connectivity index (χ0) is 9.68. The first-order valence-electron chi connectivity index (χ1n) is 4.92. The third kappa shape index (κ3) is 3.60. The average Bonchev–Trinajstić information content (AvgIpc) is 2.17. The van der Waals surface area contributed by atoms with Gasteiger partial charge in [0.05, 0.1) is 25.4 Å².